The number of aryl methyl sites for hydroxylation is 1. The highest BCUT2D eigenvalue weighted by molar-refractivity contribution is 5.55. The number of fused-ring (bicyclic) bond motifs is 2. The number of nitrogens with zero attached hydrogens (tertiary/aromatic N) is 2. The quantitative estimate of drug-likeness (QED) is 0.802. The zero-order valence-corrected chi connectivity index (χ0v) is 13.4. The monoisotopic (exact) mass is 317 g/mol. The summed E-state index contributed by atoms with van der Waals surface area (Å²) in [6.07, 6.45) is 3.48. The second kappa shape index (κ2) is 5.02. The molecule has 3 aromatic rings. The van der Waals surface area contributed by atoms with Gasteiger partial charge in [0.25, 0.3) is 0 Å². The molecule has 120 valence electrons. The Morgan fingerprint density at radius 3 is 2.79 bits per heavy atom. The minimum atomic E-state index is 0.240. The molecule has 0 aliphatic heterocycles. The molecule has 1 spiro atoms. The van der Waals surface area contributed by atoms with E-state index in [0.29, 0.717) is 18.3 Å². The van der Waals surface area contributed by atoms with Gasteiger partial charge in [0.2, 0.25) is 11.7 Å². The van der Waals surface area contributed by atoms with E-state index in [1.54, 1.807) is 0 Å². The maximum absolute atomic E-state index is 5.65. The SMILES string of the molecule is NCc1ccc(-c2noc(C3CC34CCc3ccccc34)n2)cc1. The third-order valence-electron chi connectivity index (χ3n) is 5.66. The Morgan fingerprint density at radius 2 is 1.96 bits per heavy atom. The van der Waals surface area contributed by atoms with Gasteiger partial charge in [-0.3, -0.25) is 0 Å². The molecule has 1 fully saturated rings. The van der Waals surface area contributed by atoms with Gasteiger partial charge in [0.15, 0.2) is 0 Å². The highest BCUT2D eigenvalue weighted by Gasteiger charge is 2.61. The number of hydrogen-bond donors (Lipinski definition) is 1. The van der Waals surface area contributed by atoms with Gasteiger partial charge in [-0.1, -0.05) is 53.7 Å². The topological polar surface area (TPSA) is 64.9 Å². The summed E-state index contributed by atoms with van der Waals surface area (Å²) in [6.45, 7) is 0.543. The molecule has 2 unspecified atom stereocenters. The Balaban J connectivity index is 1.43. The fourth-order valence-corrected chi connectivity index (χ4v) is 4.20. The lowest BCUT2D eigenvalue weighted by Gasteiger charge is -2.08. The van der Waals surface area contributed by atoms with Crippen molar-refractivity contribution < 1.29 is 4.52 Å². The van der Waals surface area contributed by atoms with Crippen molar-refractivity contribution in [1.82, 2.24) is 10.1 Å². The predicted octanol–water partition coefficient (Wildman–Crippen LogP) is 3.57. The van der Waals surface area contributed by atoms with Crippen LogP contribution in [0.25, 0.3) is 11.4 Å². The molecule has 4 heteroatoms. The van der Waals surface area contributed by atoms with E-state index >= 15 is 0 Å². The summed E-state index contributed by atoms with van der Waals surface area (Å²) in [5.74, 6) is 1.82. The molecular weight excluding hydrogens is 298 g/mol. The van der Waals surface area contributed by atoms with Gasteiger partial charge in [-0.15, -0.1) is 0 Å². The van der Waals surface area contributed by atoms with Crippen LogP contribution < -0.4 is 5.73 Å². The third kappa shape index (κ3) is 1.96. The largest absolute Gasteiger partial charge is 0.339 e. The summed E-state index contributed by atoms with van der Waals surface area (Å²) < 4.78 is 5.62. The normalized spacial score (nSPS) is 24.3. The van der Waals surface area contributed by atoms with Crippen LogP contribution in [0.4, 0.5) is 0 Å². The summed E-state index contributed by atoms with van der Waals surface area (Å²) >= 11 is 0. The second-order valence-electron chi connectivity index (χ2n) is 6.93. The third-order valence-corrected chi connectivity index (χ3v) is 5.66. The Morgan fingerprint density at radius 1 is 1.12 bits per heavy atom. The zero-order valence-electron chi connectivity index (χ0n) is 13.4. The molecule has 2 aliphatic carbocycles. The molecule has 0 radical (unpaired) electrons. The van der Waals surface area contributed by atoms with E-state index in [9.17, 15) is 0 Å². The molecule has 24 heavy (non-hydrogen) atoms. The zero-order chi connectivity index (χ0) is 16.1. The molecule has 2 aromatic carbocycles. The van der Waals surface area contributed by atoms with Crippen LogP contribution in [0.5, 0.6) is 0 Å². The Bertz CT molecular complexity index is 899. The summed E-state index contributed by atoms with van der Waals surface area (Å²) in [6, 6.07) is 16.8. The van der Waals surface area contributed by atoms with Crippen LogP contribution in [-0.2, 0) is 18.4 Å². The lowest BCUT2D eigenvalue weighted by atomic mass is 9.95. The Hall–Kier alpha value is -2.46. The molecule has 2 N–H and O–H groups in total. The molecule has 2 atom stereocenters. The number of nitrogens with two attached hydrogens (primary N) is 1. The number of hydrogen-bond acceptors (Lipinski definition) is 4. The van der Waals surface area contributed by atoms with Crippen molar-refractivity contribution in [3.05, 3.63) is 71.1 Å². The summed E-state index contributed by atoms with van der Waals surface area (Å²) in [7, 11) is 0. The summed E-state index contributed by atoms with van der Waals surface area (Å²) in [5.41, 5.74) is 10.9. The number of benzene rings is 2. The summed E-state index contributed by atoms with van der Waals surface area (Å²) in [4.78, 5) is 4.68. The van der Waals surface area contributed by atoms with Gasteiger partial charge in [0.05, 0.1) is 0 Å². The van der Waals surface area contributed by atoms with E-state index in [2.05, 4.69) is 34.4 Å². The van der Waals surface area contributed by atoms with Crippen molar-refractivity contribution in [2.45, 2.75) is 37.1 Å². The molecule has 0 bridgehead atoms. The van der Waals surface area contributed by atoms with Crippen molar-refractivity contribution in [2.24, 2.45) is 5.73 Å². The van der Waals surface area contributed by atoms with Gasteiger partial charge in [-0.05, 0) is 36.0 Å². The molecule has 1 saturated carbocycles. The molecule has 2 aliphatic rings. The van der Waals surface area contributed by atoms with Crippen LogP contribution in [0, 0.1) is 0 Å². The van der Waals surface area contributed by atoms with Crippen molar-refractivity contribution in [3.8, 4) is 11.4 Å². The van der Waals surface area contributed by atoms with E-state index in [4.69, 9.17) is 10.3 Å². The van der Waals surface area contributed by atoms with Gasteiger partial charge >= 0.3 is 0 Å². The Labute approximate surface area is 140 Å². The lowest BCUT2D eigenvalue weighted by molar-refractivity contribution is 0.372. The molecule has 4 nitrogen and oxygen atoms in total. The van der Waals surface area contributed by atoms with Crippen LogP contribution in [0.3, 0.4) is 0 Å². The molecule has 1 heterocycles. The van der Waals surface area contributed by atoms with Gasteiger partial charge in [-0.25, -0.2) is 0 Å². The Kier molecular flexibility index (Phi) is 2.91. The van der Waals surface area contributed by atoms with Crippen LogP contribution in [-0.4, -0.2) is 10.1 Å². The van der Waals surface area contributed by atoms with E-state index in [1.807, 2.05) is 24.3 Å². The average Bonchev–Trinajstić information content (AvgIpc) is 2.99. The fraction of sp³-hybridized carbons (Fsp3) is 0.300. The molecule has 1 aromatic heterocycles. The van der Waals surface area contributed by atoms with Crippen molar-refractivity contribution >= 4 is 0 Å². The lowest BCUT2D eigenvalue weighted by Crippen LogP contribution is -2.04. The number of rotatable bonds is 3. The van der Waals surface area contributed by atoms with Crippen LogP contribution in [0.2, 0.25) is 0 Å². The summed E-state index contributed by atoms with van der Waals surface area (Å²) in [5, 5.41) is 4.20. The van der Waals surface area contributed by atoms with E-state index in [1.165, 1.54) is 17.5 Å². The highest BCUT2D eigenvalue weighted by Crippen LogP contribution is 2.66. The van der Waals surface area contributed by atoms with Crippen molar-refractivity contribution in [3.63, 3.8) is 0 Å². The van der Waals surface area contributed by atoms with E-state index in [0.717, 1.165) is 29.9 Å². The van der Waals surface area contributed by atoms with E-state index in [-0.39, 0.29) is 5.41 Å². The van der Waals surface area contributed by atoms with E-state index < -0.39 is 0 Å². The van der Waals surface area contributed by atoms with Gasteiger partial charge in [0.1, 0.15) is 0 Å². The van der Waals surface area contributed by atoms with Gasteiger partial charge in [-0.2, -0.15) is 4.98 Å². The standard InChI is InChI=1S/C20H19N3O/c21-12-13-5-7-15(8-6-13)18-22-19(24-23-18)17-11-20(17)10-9-14-3-1-2-4-16(14)20/h1-8,17H,9-12,21H2. The first-order valence-electron chi connectivity index (χ1n) is 8.51. The molecule has 0 saturated heterocycles. The second-order valence-corrected chi connectivity index (χ2v) is 6.93. The first-order chi connectivity index (χ1) is 11.8. The first-order valence-corrected chi connectivity index (χ1v) is 8.51. The predicted molar refractivity (Wildman–Crippen MR) is 91.4 cm³/mol. The first kappa shape index (κ1) is 13.9. The highest BCUT2D eigenvalue weighted by atomic mass is 16.5. The molecule has 5 rings (SSSR count). The van der Waals surface area contributed by atoms with Crippen LogP contribution >= 0.6 is 0 Å². The minimum absolute atomic E-state index is 0.240. The molecular formula is C20H19N3O. The van der Waals surface area contributed by atoms with Gasteiger partial charge in [0, 0.05) is 23.4 Å². The average molecular weight is 317 g/mol. The van der Waals surface area contributed by atoms with Crippen molar-refractivity contribution in [1.29, 1.82) is 0 Å². The fourth-order valence-electron chi connectivity index (χ4n) is 4.20. The van der Waals surface area contributed by atoms with Crippen LogP contribution in [0.1, 0.15) is 41.3 Å². The smallest absolute Gasteiger partial charge is 0.231 e. The van der Waals surface area contributed by atoms with Crippen LogP contribution in [0.15, 0.2) is 53.1 Å². The maximum Gasteiger partial charge on any atom is 0.231 e. The molecule has 0 amide bonds. The maximum atomic E-state index is 5.65. The number of aromatic nitrogens is 2. The van der Waals surface area contributed by atoms with Crippen molar-refractivity contribution in [2.75, 3.05) is 0 Å². The minimum Gasteiger partial charge on any atom is -0.339 e. The van der Waals surface area contributed by atoms with Gasteiger partial charge < -0.3 is 10.3 Å².